The average molecular weight is 291 g/mol. The Hall–Kier alpha value is -1.55. The van der Waals surface area contributed by atoms with Crippen LogP contribution in [-0.4, -0.2) is 31.8 Å². The van der Waals surface area contributed by atoms with Crippen LogP contribution >= 0.6 is 0 Å². The van der Waals surface area contributed by atoms with E-state index in [4.69, 9.17) is 9.47 Å². The lowest BCUT2D eigenvalue weighted by atomic mass is 9.82. The normalized spacial score (nSPS) is 22.1. The molecule has 1 N–H and O–H groups in total. The van der Waals surface area contributed by atoms with Crippen LogP contribution in [0.15, 0.2) is 24.3 Å². The first kappa shape index (κ1) is 15.8. The summed E-state index contributed by atoms with van der Waals surface area (Å²) in [6.07, 6.45) is 1.76. The molecule has 0 unspecified atom stereocenters. The molecule has 0 amide bonds. The summed E-state index contributed by atoms with van der Waals surface area (Å²) in [6, 6.07) is 8.02. The van der Waals surface area contributed by atoms with Crippen LogP contribution in [0.3, 0.4) is 0 Å². The molecule has 1 aliphatic heterocycles. The Morgan fingerprint density at radius 2 is 2.00 bits per heavy atom. The van der Waals surface area contributed by atoms with Crippen LogP contribution in [0.5, 0.6) is 5.75 Å². The van der Waals surface area contributed by atoms with E-state index in [0.29, 0.717) is 13.0 Å². The molecule has 116 valence electrons. The fourth-order valence-electron chi connectivity index (χ4n) is 2.50. The highest BCUT2D eigenvalue weighted by molar-refractivity contribution is 5.76. The second kappa shape index (κ2) is 6.48. The Labute approximate surface area is 126 Å². The summed E-state index contributed by atoms with van der Waals surface area (Å²) in [5.41, 5.74) is 1.50. The third-order valence-electron chi connectivity index (χ3n) is 4.40. The lowest BCUT2D eigenvalue weighted by Gasteiger charge is -2.23. The molecule has 1 aromatic carbocycles. The van der Waals surface area contributed by atoms with E-state index in [0.717, 1.165) is 12.2 Å². The van der Waals surface area contributed by atoms with E-state index in [2.05, 4.69) is 38.2 Å². The van der Waals surface area contributed by atoms with Gasteiger partial charge in [-0.2, -0.15) is 0 Å². The van der Waals surface area contributed by atoms with Crippen LogP contribution in [-0.2, 0) is 14.9 Å². The standard InChI is InChI=1S/C17H25NO3/c1-5-17(2,3)12-6-8-13(9-7-12)21-14-10-15(18-11-14)16(19)20-4/h6-9,14-15,18H,5,10-11H2,1-4H3/t14-,15+/m1/s1. The number of carbonyl (C=O) groups is 1. The van der Waals surface area contributed by atoms with Crippen molar-refractivity contribution in [3.8, 4) is 5.75 Å². The summed E-state index contributed by atoms with van der Waals surface area (Å²) in [4.78, 5) is 11.5. The van der Waals surface area contributed by atoms with Crippen LogP contribution in [0.4, 0.5) is 0 Å². The lowest BCUT2D eigenvalue weighted by molar-refractivity contribution is -0.142. The molecular formula is C17H25NO3. The largest absolute Gasteiger partial charge is 0.489 e. The molecule has 2 atom stereocenters. The first-order chi connectivity index (χ1) is 9.96. The van der Waals surface area contributed by atoms with Crippen LogP contribution in [0.2, 0.25) is 0 Å². The van der Waals surface area contributed by atoms with E-state index in [1.807, 2.05) is 12.1 Å². The minimum Gasteiger partial charge on any atom is -0.489 e. The van der Waals surface area contributed by atoms with Gasteiger partial charge in [0.2, 0.25) is 0 Å². The maximum absolute atomic E-state index is 11.5. The van der Waals surface area contributed by atoms with Gasteiger partial charge in [-0.05, 0) is 29.5 Å². The van der Waals surface area contributed by atoms with Gasteiger partial charge in [0.25, 0.3) is 0 Å². The Morgan fingerprint density at radius 1 is 1.33 bits per heavy atom. The number of rotatable bonds is 5. The number of hydrogen-bond donors (Lipinski definition) is 1. The quantitative estimate of drug-likeness (QED) is 0.847. The summed E-state index contributed by atoms with van der Waals surface area (Å²) in [6.45, 7) is 7.35. The van der Waals surface area contributed by atoms with E-state index in [-0.39, 0.29) is 23.5 Å². The molecule has 4 heteroatoms. The molecule has 0 spiro atoms. The predicted octanol–water partition coefficient (Wildman–Crippen LogP) is 2.66. The molecule has 0 aromatic heterocycles. The molecule has 1 heterocycles. The van der Waals surface area contributed by atoms with Gasteiger partial charge in [-0.3, -0.25) is 4.79 Å². The van der Waals surface area contributed by atoms with Gasteiger partial charge in [0, 0.05) is 13.0 Å². The second-order valence-electron chi connectivity index (χ2n) is 6.22. The summed E-state index contributed by atoms with van der Waals surface area (Å²) >= 11 is 0. The van der Waals surface area contributed by atoms with Gasteiger partial charge >= 0.3 is 5.97 Å². The zero-order valence-electron chi connectivity index (χ0n) is 13.3. The highest BCUT2D eigenvalue weighted by atomic mass is 16.5. The van der Waals surface area contributed by atoms with E-state index < -0.39 is 0 Å². The summed E-state index contributed by atoms with van der Waals surface area (Å²) < 4.78 is 10.7. The number of benzene rings is 1. The first-order valence-corrected chi connectivity index (χ1v) is 7.54. The molecule has 0 saturated carbocycles. The van der Waals surface area contributed by atoms with Crippen LogP contribution in [0, 0.1) is 0 Å². The summed E-state index contributed by atoms with van der Waals surface area (Å²) in [7, 11) is 1.41. The molecule has 0 radical (unpaired) electrons. The molecule has 1 saturated heterocycles. The number of esters is 1. The Kier molecular flexibility index (Phi) is 4.88. The predicted molar refractivity (Wildman–Crippen MR) is 82.6 cm³/mol. The summed E-state index contributed by atoms with van der Waals surface area (Å²) in [5.74, 6) is 0.629. The Balaban J connectivity index is 1.94. The average Bonchev–Trinajstić information content (AvgIpc) is 2.95. The number of hydrogen-bond acceptors (Lipinski definition) is 4. The fourth-order valence-corrected chi connectivity index (χ4v) is 2.50. The van der Waals surface area contributed by atoms with E-state index in [1.165, 1.54) is 12.7 Å². The molecule has 1 aliphatic rings. The van der Waals surface area contributed by atoms with Gasteiger partial charge in [-0.15, -0.1) is 0 Å². The van der Waals surface area contributed by atoms with Crippen molar-refractivity contribution in [1.29, 1.82) is 0 Å². The lowest BCUT2D eigenvalue weighted by Crippen LogP contribution is -2.31. The molecule has 0 aliphatic carbocycles. The molecular weight excluding hydrogens is 266 g/mol. The van der Waals surface area contributed by atoms with Crippen molar-refractivity contribution in [2.45, 2.75) is 51.2 Å². The Bertz CT molecular complexity index is 481. The molecule has 0 bridgehead atoms. The third kappa shape index (κ3) is 3.76. The van der Waals surface area contributed by atoms with Gasteiger partial charge in [-0.25, -0.2) is 0 Å². The van der Waals surface area contributed by atoms with Crippen LogP contribution in [0.25, 0.3) is 0 Å². The monoisotopic (exact) mass is 291 g/mol. The first-order valence-electron chi connectivity index (χ1n) is 7.54. The van der Waals surface area contributed by atoms with Gasteiger partial charge < -0.3 is 14.8 Å². The number of nitrogens with one attached hydrogen (secondary N) is 1. The molecule has 1 aromatic rings. The van der Waals surface area contributed by atoms with E-state index in [1.54, 1.807) is 0 Å². The van der Waals surface area contributed by atoms with Crippen molar-refractivity contribution in [2.24, 2.45) is 0 Å². The smallest absolute Gasteiger partial charge is 0.323 e. The van der Waals surface area contributed by atoms with Crippen molar-refractivity contribution in [3.63, 3.8) is 0 Å². The molecule has 4 nitrogen and oxygen atoms in total. The number of ether oxygens (including phenoxy) is 2. The zero-order chi connectivity index (χ0) is 15.5. The highest BCUT2D eigenvalue weighted by Gasteiger charge is 2.31. The Morgan fingerprint density at radius 3 is 2.57 bits per heavy atom. The molecule has 21 heavy (non-hydrogen) atoms. The molecule has 2 rings (SSSR count). The van der Waals surface area contributed by atoms with Crippen LogP contribution in [0.1, 0.15) is 39.2 Å². The third-order valence-corrected chi connectivity index (χ3v) is 4.40. The maximum atomic E-state index is 11.5. The second-order valence-corrected chi connectivity index (χ2v) is 6.22. The highest BCUT2D eigenvalue weighted by Crippen LogP contribution is 2.28. The SMILES string of the molecule is CCC(C)(C)c1ccc(O[C@H]2CN[C@H](C(=O)OC)C2)cc1. The topological polar surface area (TPSA) is 47.6 Å². The van der Waals surface area contributed by atoms with Crippen LogP contribution < -0.4 is 10.1 Å². The summed E-state index contributed by atoms with van der Waals surface area (Å²) in [5, 5.41) is 3.12. The van der Waals surface area contributed by atoms with Gasteiger partial charge in [0.1, 0.15) is 17.9 Å². The van der Waals surface area contributed by atoms with E-state index in [9.17, 15) is 4.79 Å². The molecule has 1 fully saturated rings. The maximum Gasteiger partial charge on any atom is 0.323 e. The van der Waals surface area contributed by atoms with Gasteiger partial charge in [-0.1, -0.05) is 32.9 Å². The fraction of sp³-hybridized carbons (Fsp3) is 0.588. The van der Waals surface area contributed by atoms with Crippen molar-refractivity contribution in [2.75, 3.05) is 13.7 Å². The zero-order valence-corrected chi connectivity index (χ0v) is 13.3. The van der Waals surface area contributed by atoms with Crippen molar-refractivity contribution in [3.05, 3.63) is 29.8 Å². The van der Waals surface area contributed by atoms with Gasteiger partial charge in [0.05, 0.1) is 7.11 Å². The number of methoxy groups -OCH3 is 1. The minimum absolute atomic E-state index is 0.0131. The van der Waals surface area contributed by atoms with E-state index >= 15 is 0 Å². The van der Waals surface area contributed by atoms with Crippen molar-refractivity contribution < 1.29 is 14.3 Å². The van der Waals surface area contributed by atoms with Crippen molar-refractivity contribution in [1.82, 2.24) is 5.32 Å². The minimum atomic E-state index is -0.252. The van der Waals surface area contributed by atoms with Crippen molar-refractivity contribution >= 4 is 5.97 Å². The van der Waals surface area contributed by atoms with Gasteiger partial charge in [0.15, 0.2) is 0 Å². The number of carbonyl (C=O) groups excluding carboxylic acids is 1.